The van der Waals surface area contributed by atoms with Gasteiger partial charge in [-0.2, -0.15) is 0 Å². The number of amides is 1. The van der Waals surface area contributed by atoms with Crippen molar-refractivity contribution in [3.05, 3.63) is 76.8 Å². The first kappa shape index (κ1) is 14.3. The molecule has 0 bridgehead atoms. The van der Waals surface area contributed by atoms with Crippen LogP contribution < -0.4 is 5.48 Å². The molecule has 0 aliphatic carbocycles. The van der Waals surface area contributed by atoms with Crippen LogP contribution in [0.3, 0.4) is 0 Å². The molecule has 2 aromatic carbocycles. The highest BCUT2D eigenvalue weighted by molar-refractivity contribution is 6.30. The van der Waals surface area contributed by atoms with Crippen LogP contribution in [-0.2, 0) is 16.2 Å². The number of carbonyl (C=O) groups excluding carboxylic acids is 1. The van der Waals surface area contributed by atoms with Crippen LogP contribution >= 0.6 is 11.6 Å². The fourth-order valence-corrected chi connectivity index (χ4v) is 1.78. The van der Waals surface area contributed by atoms with Crippen molar-refractivity contribution in [2.75, 3.05) is 0 Å². The molecular formula is C16H14ClNO2. The number of benzene rings is 2. The van der Waals surface area contributed by atoms with E-state index in [-0.39, 0.29) is 5.91 Å². The van der Waals surface area contributed by atoms with E-state index < -0.39 is 0 Å². The van der Waals surface area contributed by atoms with E-state index in [4.69, 9.17) is 16.4 Å². The predicted octanol–water partition coefficient (Wildman–Crippen LogP) is 3.60. The Labute approximate surface area is 122 Å². The number of halogens is 1. The van der Waals surface area contributed by atoms with Gasteiger partial charge in [-0.1, -0.05) is 54.1 Å². The molecule has 0 atom stereocenters. The Kier molecular flexibility index (Phi) is 5.35. The van der Waals surface area contributed by atoms with Gasteiger partial charge in [-0.3, -0.25) is 9.63 Å². The second-order valence-corrected chi connectivity index (χ2v) is 4.57. The van der Waals surface area contributed by atoms with E-state index in [1.807, 2.05) is 42.5 Å². The van der Waals surface area contributed by atoms with Crippen molar-refractivity contribution in [2.45, 2.75) is 6.61 Å². The molecule has 0 heterocycles. The van der Waals surface area contributed by atoms with Crippen LogP contribution in [0, 0.1) is 0 Å². The number of rotatable bonds is 5. The monoisotopic (exact) mass is 287 g/mol. The minimum atomic E-state index is -0.319. The molecule has 0 unspecified atom stereocenters. The largest absolute Gasteiger partial charge is 0.269 e. The van der Waals surface area contributed by atoms with Crippen LogP contribution in [0.1, 0.15) is 11.1 Å². The van der Waals surface area contributed by atoms with E-state index in [0.717, 1.165) is 11.1 Å². The molecule has 2 aromatic rings. The van der Waals surface area contributed by atoms with Gasteiger partial charge >= 0.3 is 0 Å². The zero-order valence-corrected chi connectivity index (χ0v) is 11.5. The number of hydrogen-bond acceptors (Lipinski definition) is 2. The summed E-state index contributed by atoms with van der Waals surface area (Å²) in [5, 5.41) is 0.632. The zero-order chi connectivity index (χ0) is 14.2. The third-order valence-corrected chi connectivity index (χ3v) is 2.77. The minimum Gasteiger partial charge on any atom is -0.269 e. The van der Waals surface area contributed by atoms with Gasteiger partial charge in [-0.25, -0.2) is 5.48 Å². The zero-order valence-electron chi connectivity index (χ0n) is 10.8. The van der Waals surface area contributed by atoms with Crippen molar-refractivity contribution in [3.8, 4) is 0 Å². The third kappa shape index (κ3) is 4.88. The highest BCUT2D eigenvalue weighted by Crippen LogP contribution is 2.11. The van der Waals surface area contributed by atoms with Crippen LogP contribution in [0.15, 0.2) is 60.7 Å². The van der Waals surface area contributed by atoms with Crippen molar-refractivity contribution in [1.29, 1.82) is 0 Å². The van der Waals surface area contributed by atoms with Gasteiger partial charge in [0.05, 0.1) is 6.61 Å². The first-order chi connectivity index (χ1) is 9.74. The molecule has 0 saturated carbocycles. The maximum absolute atomic E-state index is 11.5. The summed E-state index contributed by atoms with van der Waals surface area (Å²) >= 11 is 5.85. The maximum Gasteiger partial charge on any atom is 0.267 e. The van der Waals surface area contributed by atoms with Crippen LogP contribution in [0.2, 0.25) is 5.02 Å². The molecule has 0 saturated heterocycles. The van der Waals surface area contributed by atoms with Crippen molar-refractivity contribution in [1.82, 2.24) is 5.48 Å². The smallest absolute Gasteiger partial charge is 0.267 e. The maximum atomic E-state index is 11.5. The van der Waals surface area contributed by atoms with Gasteiger partial charge in [0.25, 0.3) is 5.91 Å². The van der Waals surface area contributed by atoms with Gasteiger partial charge in [0.15, 0.2) is 0 Å². The summed E-state index contributed by atoms with van der Waals surface area (Å²) in [7, 11) is 0. The lowest BCUT2D eigenvalue weighted by Gasteiger charge is -2.03. The molecule has 4 heteroatoms. The molecule has 0 fully saturated rings. The lowest BCUT2D eigenvalue weighted by atomic mass is 10.2. The molecule has 0 aliphatic heterocycles. The Hall–Kier alpha value is -2.10. The first-order valence-electron chi connectivity index (χ1n) is 6.13. The topological polar surface area (TPSA) is 38.3 Å². The summed E-state index contributed by atoms with van der Waals surface area (Å²) in [4.78, 5) is 16.7. The molecular weight excluding hydrogens is 274 g/mol. The molecule has 0 aromatic heterocycles. The molecule has 3 nitrogen and oxygen atoms in total. The summed E-state index contributed by atoms with van der Waals surface area (Å²) < 4.78 is 0. The van der Waals surface area contributed by atoms with E-state index in [0.29, 0.717) is 11.6 Å². The second-order valence-electron chi connectivity index (χ2n) is 4.13. The molecule has 0 radical (unpaired) electrons. The fourth-order valence-electron chi connectivity index (χ4n) is 1.58. The number of hydrogen-bond donors (Lipinski definition) is 1. The summed E-state index contributed by atoms with van der Waals surface area (Å²) in [6, 6.07) is 16.8. The van der Waals surface area contributed by atoms with Gasteiger partial charge in [-0.15, -0.1) is 0 Å². The van der Waals surface area contributed by atoms with Crippen LogP contribution in [0.5, 0.6) is 0 Å². The van der Waals surface area contributed by atoms with Gasteiger partial charge < -0.3 is 0 Å². The molecule has 1 amide bonds. The van der Waals surface area contributed by atoms with Gasteiger partial charge in [0, 0.05) is 11.1 Å². The minimum absolute atomic E-state index is 0.319. The van der Waals surface area contributed by atoms with Crippen molar-refractivity contribution >= 4 is 23.6 Å². The number of nitrogens with one attached hydrogen (secondary N) is 1. The van der Waals surface area contributed by atoms with Crippen LogP contribution in [-0.4, -0.2) is 5.91 Å². The van der Waals surface area contributed by atoms with Gasteiger partial charge in [-0.05, 0) is 29.3 Å². The molecule has 0 spiro atoms. The molecule has 2 rings (SSSR count). The Balaban J connectivity index is 1.78. The molecule has 102 valence electrons. The van der Waals surface area contributed by atoms with E-state index in [1.165, 1.54) is 6.08 Å². The van der Waals surface area contributed by atoms with E-state index >= 15 is 0 Å². The van der Waals surface area contributed by atoms with E-state index in [9.17, 15) is 4.79 Å². The predicted molar refractivity (Wildman–Crippen MR) is 79.9 cm³/mol. The summed E-state index contributed by atoms with van der Waals surface area (Å²) in [5.41, 5.74) is 4.21. The van der Waals surface area contributed by atoms with Crippen LogP contribution in [0.4, 0.5) is 0 Å². The van der Waals surface area contributed by atoms with Crippen LogP contribution in [0.25, 0.3) is 6.08 Å². The molecule has 20 heavy (non-hydrogen) atoms. The summed E-state index contributed by atoms with van der Waals surface area (Å²) in [6.45, 7) is 0.331. The lowest BCUT2D eigenvalue weighted by Crippen LogP contribution is -2.21. The van der Waals surface area contributed by atoms with Crippen molar-refractivity contribution < 1.29 is 9.63 Å². The SMILES string of the molecule is O=C(C=Cc1cccc(Cl)c1)NOCc1ccccc1. The molecule has 1 N–H and O–H groups in total. The van der Waals surface area contributed by atoms with E-state index in [1.54, 1.807) is 18.2 Å². The van der Waals surface area contributed by atoms with Crippen molar-refractivity contribution in [3.63, 3.8) is 0 Å². The van der Waals surface area contributed by atoms with Gasteiger partial charge in [0.1, 0.15) is 0 Å². The lowest BCUT2D eigenvalue weighted by molar-refractivity contribution is -0.129. The quantitative estimate of drug-likeness (QED) is 0.674. The average molecular weight is 288 g/mol. The first-order valence-corrected chi connectivity index (χ1v) is 6.51. The Morgan fingerprint density at radius 1 is 1.15 bits per heavy atom. The highest BCUT2D eigenvalue weighted by Gasteiger charge is 1.96. The summed E-state index contributed by atoms with van der Waals surface area (Å²) in [6.07, 6.45) is 3.07. The Morgan fingerprint density at radius 2 is 1.95 bits per heavy atom. The Bertz CT molecular complexity index is 596. The average Bonchev–Trinajstić information content (AvgIpc) is 2.46. The number of hydroxylamine groups is 1. The van der Waals surface area contributed by atoms with Crippen molar-refractivity contribution in [2.24, 2.45) is 0 Å². The third-order valence-electron chi connectivity index (χ3n) is 2.53. The molecule has 0 aliphatic rings. The van der Waals surface area contributed by atoms with Gasteiger partial charge in [0.2, 0.25) is 0 Å². The fraction of sp³-hybridized carbons (Fsp3) is 0.0625. The highest BCUT2D eigenvalue weighted by atomic mass is 35.5. The number of carbonyl (C=O) groups is 1. The standard InChI is InChI=1S/C16H14ClNO2/c17-15-8-4-7-13(11-15)9-10-16(19)18-20-12-14-5-2-1-3-6-14/h1-11H,12H2,(H,18,19). The summed E-state index contributed by atoms with van der Waals surface area (Å²) in [5.74, 6) is -0.319. The van der Waals surface area contributed by atoms with E-state index in [2.05, 4.69) is 5.48 Å². The normalized spacial score (nSPS) is 10.7. The second kappa shape index (κ2) is 7.48. The Morgan fingerprint density at radius 3 is 2.70 bits per heavy atom.